The highest BCUT2D eigenvalue weighted by atomic mass is 19.4. The lowest BCUT2D eigenvalue weighted by Crippen LogP contribution is -2.75. The highest BCUT2D eigenvalue weighted by molar-refractivity contribution is 5.99. The number of piperazine rings is 1. The van der Waals surface area contributed by atoms with Crippen LogP contribution in [0.1, 0.15) is 55.1 Å². The molecule has 4 saturated carbocycles. The Bertz CT molecular complexity index is 2130. The quantitative estimate of drug-likeness (QED) is 0.248. The average molecular weight is 723 g/mol. The molecule has 4 heterocycles. The molecule has 0 atom stereocenters. The number of rotatable bonds is 10. The van der Waals surface area contributed by atoms with Crippen LogP contribution < -0.4 is 25.1 Å². The molecule has 0 spiro atoms. The van der Waals surface area contributed by atoms with Crippen LogP contribution in [0.25, 0.3) is 16.9 Å². The second-order valence-electron chi connectivity index (χ2n) is 14.3. The maximum Gasteiger partial charge on any atom is 0.573 e. The Morgan fingerprint density at radius 2 is 1.81 bits per heavy atom. The summed E-state index contributed by atoms with van der Waals surface area (Å²) in [5.41, 5.74) is 0.809. The molecule has 0 radical (unpaired) electrons. The predicted molar refractivity (Wildman–Crippen MR) is 180 cm³/mol. The van der Waals surface area contributed by atoms with E-state index in [-0.39, 0.29) is 55.3 Å². The van der Waals surface area contributed by atoms with Crippen LogP contribution in [0.5, 0.6) is 17.4 Å². The molecular weight excluding hydrogens is 685 g/mol. The van der Waals surface area contributed by atoms with Crippen molar-refractivity contribution in [1.29, 1.82) is 0 Å². The first-order valence-electron chi connectivity index (χ1n) is 17.3. The molecule has 4 aromatic rings. The molecule has 1 aliphatic heterocycles. The van der Waals surface area contributed by atoms with Crippen LogP contribution in [0.2, 0.25) is 0 Å². The number of pyridine rings is 2. The summed E-state index contributed by atoms with van der Waals surface area (Å²) < 4.78 is 50.3. The van der Waals surface area contributed by atoms with Gasteiger partial charge in [-0.3, -0.25) is 14.4 Å². The Kier molecular flexibility index (Phi) is 7.87. The molecular formula is C35H37F3N8O6. The Morgan fingerprint density at radius 1 is 1.08 bits per heavy atom. The van der Waals surface area contributed by atoms with Crippen molar-refractivity contribution in [3.05, 3.63) is 58.0 Å². The van der Waals surface area contributed by atoms with Crippen LogP contribution >= 0.6 is 0 Å². The number of carbonyl (C=O) groups excluding carboxylic acids is 2. The summed E-state index contributed by atoms with van der Waals surface area (Å²) in [5, 5.41) is 22.9. The first-order valence-corrected chi connectivity index (χ1v) is 17.3. The number of aromatic nitrogens is 5. The van der Waals surface area contributed by atoms with E-state index in [1.54, 1.807) is 21.6 Å². The number of phenols is 1. The summed E-state index contributed by atoms with van der Waals surface area (Å²) in [7, 11) is 1.48. The number of aromatic hydroxyl groups is 1. The highest BCUT2D eigenvalue weighted by Crippen LogP contribution is 2.75. The monoisotopic (exact) mass is 722 g/mol. The molecule has 2 N–H and O–H groups in total. The molecule has 274 valence electrons. The van der Waals surface area contributed by atoms with E-state index in [4.69, 9.17) is 4.74 Å². The molecule has 4 aliphatic carbocycles. The van der Waals surface area contributed by atoms with Crippen LogP contribution in [0, 0.1) is 11.3 Å². The zero-order valence-electron chi connectivity index (χ0n) is 28.6. The van der Waals surface area contributed by atoms with Crippen LogP contribution in [0.15, 0.2) is 41.3 Å². The lowest BCUT2D eigenvalue weighted by Gasteiger charge is -2.71. The number of phenolic OH excluding ortho intramolecular Hbond substituents is 1. The minimum Gasteiger partial charge on any atom is -0.507 e. The Hall–Kier alpha value is -5.35. The summed E-state index contributed by atoms with van der Waals surface area (Å²) in [6.45, 7) is 2.09. The number of fused-ring (bicyclic) bond motifs is 1. The largest absolute Gasteiger partial charge is 0.573 e. The van der Waals surface area contributed by atoms with Gasteiger partial charge in [0.1, 0.15) is 29.3 Å². The number of anilines is 1. The number of methoxy groups -OCH3 is 1. The number of hydrogen-bond acceptors (Lipinski definition) is 10. The van der Waals surface area contributed by atoms with Gasteiger partial charge in [-0.15, -0.1) is 28.2 Å². The molecule has 52 heavy (non-hydrogen) atoms. The van der Waals surface area contributed by atoms with Gasteiger partial charge in [-0.1, -0.05) is 13.0 Å². The SMILES string of the molecule is CCc1c(N2CCN(C(=O)c3c(O)cccc3OC(F)(F)F)CC2)c(=O)c2nn(-c3ccnc(OC)c3)nc2n1CC(=O)NC12CC(C3CC3)(C1)C2. The number of nitrogens with zero attached hydrogens (tertiary/aromatic N) is 7. The number of amides is 2. The third-order valence-corrected chi connectivity index (χ3v) is 10.9. The molecule has 17 heteroatoms. The van der Waals surface area contributed by atoms with E-state index in [2.05, 4.69) is 25.2 Å². The number of benzene rings is 1. The second-order valence-corrected chi connectivity index (χ2v) is 14.3. The van der Waals surface area contributed by atoms with Gasteiger partial charge in [0.05, 0.1) is 12.8 Å². The standard InChI is InChI=1S/C35H37F3N8O6/c1-3-22-29(43-11-13-44(14-12-43)32(50)27-23(47)5-4-6-24(27)52-35(36,37)38)30(49)28-31(42-46(41-28)21-9-10-39-26(15-21)51-2)45(22)16-25(48)40-34-17-33(18-34,19-34)20-7-8-20/h4-6,9-10,15,20,47H,3,7-8,11-14,16-19H2,1-2H3,(H,40,48). The van der Waals surface area contributed by atoms with Gasteiger partial charge in [-0.2, -0.15) is 0 Å². The molecule has 0 unspecified atom stereocenters. The van der Waals surface area contributed by atoms with Gasteiger partial charge in [-0.05, 0) is 68.1 Å². The number of carbonyl (C=O) groups is 2. The van der Waals surface area contributed by atoms with E-state index >= 15 is 0 Å². The third-order valence-electron chi connectivity index (χ3n) is 10.9. The van der Waals surface area contributed by atoms with Crippen molar-refractivity contribution >= 4 is 28.7 Å². The maximum atomic E-state index is 14.3. The van der Waals surface area contributed by atoms with E-state index in [1.807, 2.05) is 6.92 Å². The first-order chi connectivity index (χ1) is 24.8. The van der Waals surface area contributed by atoms with Gasteiger partial charge in [0.2, 0.25) is 17.2 Å². The smallest absolute Gasteiger partial charge is 0.507 e. The summed E-state index contributed by atoms with van der Waals surface area (Å²) in [6.07, 6.45) is 2.33. The Labute approximate surface area is 295 Å². The van der Waals surface area contributed by atoms with E-state index in [0.717, 1.165) is 43.4 Å². The zero-order chi connectivity index (χ0) is 36.6. The molecule has 2 amide bonds. The van der Waals surface area contributed by atoms with Crippen molar-refractivity contribution in [1.82, 2.24) is 34.8 Å². The fourth-order valence-corrected chi connectivity index (χ4v) is 8.57. The number of alkyl halides is 3. The predicted octanol–water partition coefficient (Wildman–Crippen LogP) is 3.56. The highest BCUT2D eigenvalue weighted by Gasteiger charge is 2.72. The summed E-state index contributed by atoms with van der Waals surface area (Å²) in [6, 6.07) is 6.51. The van der Waals surface area contributed by atoms with Crippen molar-refractivity contribution in [3.63, 3.8) is 0 Å². The summed E-state index contributed by atoms with van der Waals surface area (Å²) in [5.74, 6) is -1.39. The molecule has 3 aromatic heterocycles. The number of ether oxygens (including phenoxy) is 2. The minimum atomic E-state index is -5.07. The van der Waals surface area contributed by atoms with Gasteiger partial charge in [0.25, 0.3) is 5.91 Å². The Balaban J connectivity index is 1.11. The molecule has 14 nitrogen and oxygen atoms in total. The van der Waals surface area contributed by atoms with Gasteiger partial charge in [-0.25, -0.2) is 4.98 Å². The van der Waals surface area contributed by atoms with E-state index in [0.29, 0.717) is 34.8 Å². The normalized spacial score (nSPS) is 22.5. The van der Waals surface area contributed by atoms with Gasteiger partial charge < -0.3 is 34.3 Å². The number of hydrogen-bond donors (Lipinski definition) is 2. The van der Waals surface area contributed by atoms with Crippen molar-refractivity contribution in [2.24, 2.45) is 11.3 Å². The minimum absolute atomic E-state index is 0.0223. The van der Waals surface area contributed by atoms with E-state index in [9.17, 15) is 32.7 Å². The Morgan fingerprint density at radius 3 is 2.46 bits per heavy atom. The fraction of sp³-hybridized carbons (Fsp3) is 0.486. The maximum absolute atomic E-state index is 14.3. The second kappa shape index (κ2) is 12.1. The molecule has 5 aliphatic rings. The lowest BCUT2D eigenvalue weighted by molar-refractivity contribution is -0.274. The average Bonchev–Trinajstić information content (AvgIpc) is 3.82. The molecule has 1 aromatic carbocycles. The summed E-state index contributed by atoms with van der Waals surface area (Å²) in [4.78, 5) is 50.0. The van der Waals surface area contributed by atoms with Crippen molar-refractivity contribution in [2.75, 3.05) is 38.2 Å². The number of halogens is 3. The topological polar surface area (TPSA) is 157 Å². The van der Waals surface area contributed by atoms with Gasteiger partial charge in [0.15, 0.2) is 11.2 Å². The zero-order valence-corrected chi connectivity index (χ0v) is 28.6. The van der Waals surface area contributed by atoms with Crippen LogP contribution in [-0.2, 0) is 17.8 Å². The lowest BCUT2D eigenvalue weighted by atomic mass is 9.37. The van der Waals surface area contributed by atoms with Crippen molar-refractivity contribution in [3.8, 4) is 23.1 Å². The molecule has 9 rings (SSSR count). The third kappa shape index (κ3) is 5.75. The van der Waals surface area contributed by atoms with Crippen molar-refractivity contribution < 1.29 is 37.3 Å². The van der Waals surface area contributed by atoms with Crippen LogP contribution in [0.3, 0.4) is 0 Å². The first kappa shape index (κ1) is 33.8. The number of nitrogens with one attached hydrogen (secondary N) is 1. The van der Waals surface area contributed by atoms with E-state index < -0.39 is 34.8 Å². The summed E-state index contributed by atoms with van der Waals surface area (Å²) >= 11 is 0. The van der Waals surface area contributed by atoms with Crippen molar-refractivity contribution in [2.45, 2.75) is 63.9 Å². The molecule has 1 saturated heterocycles. The van der Waals surface area contributed by atoms with Gasteiger partial charge >= 0.3 is 6.36 Å². The van der Waals surface area contributed by atoms with Gasteiger partial charge in [0, 0.05) is 49.7 Å². The van der Waals surface area contributed by atoms with E-state index in [1.165, 1.54) is 35.8 Å². The fourth-order valence-electron chi connectivity index (χ4n) is 8.57. The van der Waals surface area contributed by atoms with Crippen LogP contribution in [-0.4, -0.2) is 91.6 Å². The molecule has 5 fully saturated rings. The molecule has 2 bridgehead atoms. The van der Waals surface area contributed by atoms with Crippen LogP contribution in [0.4, 0.5) is 18.9 Å².